The average molecular weight is 235 g/mol. The van der Waals surface area contributed by atoms with Gasteiger partial charge in [-0.05, 0) is 25.7 Å². The molecule has 96 valence electrons. The summed E-state index contributed by atoms with van der Waals surface area (Å²) < 4.78 is 0. The monoisotopic (exact) mass is 235 g/mol. The number of hydrogen-bond acceptors (Lipinski definition) is 3. The molecular weight excluding hydrogens is 210 g/mol. The standard InChI is InChI=1S/C14H25N3/c1-6-11(7-2)14-16-12(10(4)5)9-13(17-14)15-8-3/h9-11H,6-8H2,1-5H3,(H,15,16,17). The summed E-state index contributed by atoms with van der Waals surface area (Å²) in [5.74, 6) is 2.89. The van der Waals surface area contributed by atoms with Crippen molar-refractivity contribution >= 4 is 5.82 Å². The number of anilines is 1. The zero-order valence-corrected chi connectivity index (χ0v) is 11.7. The van der Waals surface area contributed by atoms with E-state index < -0.39 is 0 Å². The first-order valence-electron chi connectivity index (χ1n) is 6.75. The minimum Gasteiger partial charge on any atom is -0.370 e. The topological polar surface area (TPSA) is 37.8 Å². The van der Waals surface area contributed by atoms with Crippen LogP contribution in [0.3, 0.4) is 0 Å². The van der Waals surface area contributed by atoms with E-state index >= 15 is 0 Å². The van der Waals surface area contributed by atoms with Crippen LogP contribution in [0.15, 0.2) is 6.07 Å². The Bertz CT molecular complexity index is 343. The molecule has 3 heteroatoms. The second-order valence-corrected chi connectivity index (χ2v) is 4.73. The van der Waals surface area contributed by atoms with Gasteiger partial charge in [0.1, 0.15) is 11.6 Å². The van der Waals surface area contributed by atoms with Gasteiger partial charge in [0, 0.05) is 24.2 Å². The normalized spacial score (nSPS) is 11.2. The molecule has 0 atom stereocenters. The van der Waals surface area contributed by atoms with Gasteiger partial charge in [0.2, 0.25) is 0 Å². The lowest BCUT2D eigenvalue weighted by molar-refractivity contribution is 0.594. The third-order valence-electron chi connectivity index (χ3n) is 3.06. The van der Waals surface area contributed by atoms with E-state index in [4.69, 9.17) is 4.98 Å². The van der Waals surface area contributed by atoms with Gasteiger partial charge in [-0.15, -0.1) is 0 Å². The van der Waals surface area contributed by atoms with Gasteiger partial charge in [-0.1, -0.05) is 27.7 Å². The van der Waals surface area contributed by atoms with Gasteiger partial charge in [0.15, 0.2) is 0 Å². The fourth-order valence-corrected chi connectivity index (χ4v) is 1.89. The quantitative estimate of drug-likeness (QED) is 0.811. The average Bonchev–Trinajstić information content (AvgIpc) is 2.31. The van der Waals surface area contributed by atoms with Gasteiger partial charge in [-0.2, -0.15) is 0 Å². The zero-order valence-electron chi connectivity index (χ0n) is 11.7. The molecule has 0 radical (unpaired) electrons. The maximum absolute atomic E-state index is 4.71. The highest BCUT2D eigenvalue weighted by molar-refractivity contribution is 5.37. The molecule has 0 aliphatic carbocycles. The summed E-state index contributed by atoms with van der Waals surface area (Å²) >= 11 is 0. The summed E-state index contributed by atoms with van der Waals surface area (Å²) in [4.78, 5) is 9.33. The van der Waals surface area contributed by atoms with Crippen LogP contribution in [-0.2, 0) is 0 Å². The number of hydrogen-bond donors (Lipinski definition) is 1. The third kappa shape index (κ3) is 3.69. The number of nitrogens with zero attached hydrogens (tertiary/aromatic N) is 2. The maximum Gasteiger partial charge on any atom is 0.134 e. The van der Waals surface area contributed by atoms with Crippen LogP contribution in [-0.4, -0.2) is 16.5 Å². The Morgan fingerprint density at radius 3 is 2.24 bits per heavy atom. The van der Waals surface area contributed by atoms with Crippen LogP contribution in [0.25, 0.3) is 0 Å². The second-order valence-electron chi connectivity index (χ2n) is 4.73. The van der Waals surface area contributed by atoms with Gasteiger partial charge < -0.3 is 5.32 Å². The SMILES string of the molecule is CCNc1cc(C(C)C)nc(C(CC)CC)n1. The molecule has 0 aliphatic heterocycles. The van der Waals surface area contributed by atoms with Crippen molar-refractivity contribution in [1.82, 2.24) is 9.97 Å². The highest BCUT2D eigenvalue weighted by Gasteiger charge is 2.14. The molecule has 1 aromatic rings. The molecule has 0 unspecified atom stereocenters. The molecular formula is C14H25N3. The van der Waals surface area contributed by atoms with E-state index in [1.54, 1.807) is 0 Å². The van der Waals surface area contributed by atoms with Crippen LogP contribution in [0.2, 0.25) is 0 Å². The van der Waals surface area contributed by atoms with Crippen LogP contribution < -0.4 is 5.32 Å². The first-order chi connectivity index (χ1) is 8.12. The fourth-order valence-electron chi connectivity index (χ4n) is 1.89. The molecule has 0 saturated heterocycles. The Balaban J connectivity index is 3.10. The highest BCUT2D eigenvalue weighted by Crippen LogP contribution is 2.23. The summed E-state index contributed by atoms with van der Waals surface area (Å²) in [6, 6.07) is 2.07. The summed E-state index contributed by atoms with van der Waals surface area (Å²) in [5, 5.41) is 3.30. The van der Waals surface area contributed by atoms with E-state index in [-0.39, 0.29) is 0 Å². The smallest absolute Gasteiger partial charge is 0.134 e. The molecule has 0 aromatic carbocycles. The lowest BCUT2D eigenvalue weighted by Gasteiger charge is -2.15. The van der Waals surface area contributed by atoms with E-state index in [0.717, 1.165) is 36.7 Å². The molecule has 1 aromatic heterocycles. The minimum absolute atomic E-state index is 0.448. The van der Waals surface area contributed by atoms with Crippen molar-refractivity contribution in [3.05, 3.63) is 17.6 Å². The molecule has 0 bridgehead atoms. The van der Waals surface area contributed by atoms with Crippen molar-refractivity contribution < 1.29 is 0 Å². The summed E-state index contributed by atoms with van der Waals surface area (Å²) in [6.45, 7) is 11.7. The number of nitrogens with one attached hydrogen (secondary N) is 1. The van der Waals surface area contributed by atoms with Crippen molar-refractivity contribution in [3.8, 4) is 0 Å². The van der Waals surface area contributed by atoms with E-state index in [1.807, 2.05) is 0 Å². The Labute approximate surface area is 105 Å². The van der Waals surface area contributed by atoms with Crippen molar-refractivity contribution in [2.45, 2.75) is 59.3 Å². The van der Waals surface area contributed by atoms with E-state index in [9.17, 15) is 0 Å². The molecule has 0 amide bonds. The lowest BCUT2D eigenvalue weighted by Crippen LogP contribution is -2.10. The minimum atomic E-state index is 0.448. The number of aromatic nitrogens is 2. The molecule has 0 aliphatic rings. The van der Waals surface area contributed by atoms with Gasteiger partial charge in [0.25, 0.3) is 0 Å². The predicted molar refractivity (Wildman–Crippen MR) is 73.6 cm³/mol. The lowest BCUT2D eigenvalue weighted by atomic mass is 10.0. The van der Waals surface area contributed by atoms with Crippen LogP contribution in [0.5, 0.6) is 0 Å². The van der Waals surface area contributed by atoms with Gasteiger partial charge in [-0.3, -0.25) is 0 Å². The van der Waals surface area contributed by atoms with Gasteiger partial charge >= 0.3 is 0 Å². The van der Waals surface area contributed by atoms with E-state index in [0.29, 0.717) is 11.8 Å². The third-order valence-corrected chi connectivity index (χ3v) is 3.06. The maximum atomic E-state index is 4.71. The fraction of sp³-hybridized carbons (Fsp3) is 0.714. The molecule has 17 heavy (non-hydrogen) atoms. The Hall–Kier alpha value is -1.12. The Morgan fingerprint density at radius 1 is 1.12 bits per heavy atom. The van der Waals surface area contributed by atoms with Crippen LogP contribution in [0.4, 0.5) is 5.82 Å². The first kappa shape index (κ1) is 13.9. The highest BCUT2D eigenvalue weighted by atomic mass is 15.0. The van der Waals surface area contributed by atoms with E-state index in [1.165, 1.54) is 0 Å². The summed E-state index contributed by atoms with van der Waals surface area (Å²) in [7, 11) is 0. The van der Waals surface area contributed by atoms with Crippen molar-refractivity contribution in [2.24, 2.45) is 0 Å². The Kier molecular flexibility index (Phi) is 5.39. The van der Waals surface area contributed by atoms with Gasteiger partial charge in [0.05, 0.1) is 0 Å². The molecule has 0 saturated carbocycles. The van der Waals surface area contributed by atoms with Crippen LogP contribution >= 0.6 is 0 Å². The number of rotatable bonds is 6. The second kappa shape index (κ2) is 6.58. The van der Waals surface area contributed by atoms with Gasteiger partial charge in [-0.25, -0.2) is 9.97 Å². The van der Waals surface area contributed by atoms with Crippen LogP contribution in [0, 0.1) is 0 Å². The molecule has 1 N–H and O–H groups in total. The van der Waals surface area contributed by atoms with Crippen molar-refractivity contribution in [3.63, 3.8) is 0 Å². The molecule has 3 nitrogen and oxygen atoms in total. The van der Waals surface area contributed by atoms with Crippen LogP contribution in [0.1, 0.15) is 70.8 Å². The molecule has 0 fully saturated rings. The van der Waals surface area contributed by atoms with Crippen molar-refractivity contribution in [2.75, 3.05) is 11.9 Å². The summed E-state index contributed by atoms with van der Waals surface area (Å²) in [5.41, 5.74) is 1.14. The molecule has 1 heterocycles. The van der Waals surface area contributed by atoms with E-state index in [2.05, 4.69) is 51.0 Å². The summed E-state index contributed by atoms with van der Waals surface area (Å²) in [6.07, 6.45) is 2.20. The first-order valence-corrected chi connectivity index (χ1v) is 6.75. The van der Waals surface area contributed by atoms with Crippen molar-refractivity contribution in [1.29, 1.82) is 0 Å². The zero-order chi connectivity index (χ0) is 12.8. The molecule has 0 spiro atoms. The largest absolute Gasteiger partial charge is 0.370 e. The Morgan fingerprint density at radius 2 is 1.76 bits per heavy atom. The predicted octanol–water partition coefficient (Wildman–Crippen LogP) is 3.94. The molecule has 1 rings (SSSR count).